The number of nitrogens with one attached hydrogen (secondary N) is 1. The summed E-state index contributed by atoms with van der Waals surface area (Å²) in [6.07, 6.45) is 45.4. The third kappa shape index (κ3) is 38.7. The van der Waals surface area contributed by atoms with Crippen molar-refractivity contribution in [3.63, 3.8) is 0 Å². The average molecular weight is 1370 g/mol. The largest absolute Gasteiger partial charge is 0.394 e. The van der Waals surface area contributed by atoms with Crippen molar-refractivity contribution in [1.29, 1.82) is 0 Å². The number of hydrogen-bond donors (Lipinski definition) is 12. The molecule has 0 bridgehead atoms. The lowest BCUT2D eigenvalue weighted by Gasteiger charge is -2.48. The van der Waals surface area contributed by atoms with E-state index >= 15 is 0 Å². The van der Waals surface area contributed by atoms with Gasteiger partial charge in [-0.3, -0.25) is 4.79 Å². The molecule has 19 nitrogen and oxygen atoms in total. The zero-order valence-electron chi connectivity index (χ0n) is 59.9. The molecule has 0 aromatic rings. The molecule has 0 aliphatic carbocycles. The van der Waals surface area contributed by atoms with Crippen LogP contribution in [0, 0.1) is 0 Å². The molecule has 19 heteroatoms. The highest BCUT2D eigenvalue weighted by Crippen LogP contribution is 2.33. The fraction of sp³-hybridized carbons (Fsp3) is 0.883. The fourth-order valence-corrected chi connectivity index (χ4v) is 13.1. The Balaban J connectivity index is 1.36. The van der Waals surface area contributed by atoms with Crippen LogP contribution < -0.4 is 5.32 Å². The van der Waals surface area contributed by atoms with Crippen LogP contribution in [0.1, 0.15) is 303 Å². The van der Waals surface area contributed by atoms with Crippen molar-refractivity contribution >= 4 is 5.91 Å². The van der Waals surface area contributed by atoms with Gasteiger partial charge in [-0.2, -0.15) is 0 Å². The lowest BCUT2D eigenvalue weighted by Crippen LogP contribution is -2.66. The molecule has 3 saturated heterocycles. The van der Waals surface area contributed by atoms with Crippen molar-refractivity contribution in [2.75, 3.05) is 26.4 Å². The van der Waals surface area contributed by atoms with Gasteiger partial charge in [-0.25, -0.2) is 0 Å². The average Bonchev–Trinajstić information content (AvgIpc) is 0.787. The van der Waals surface area contributed by atoms with Crippen molar-refractivity contribution < 1.29 is 89.4 Å². The molecule has 12 N–H and O–H groups in total. The van der Waals surface area contributed by atoms with E-state index in [4.69, 9.17) is 28.4 Å². The van der Waals surface area contributed by atoms with Crippen molar-refractivity contribution in [3.8, 4) is 0 Å². The zero-order valence-corrected chi connectivity index (χ0v) is 59.9. The van der Waals surface area contributed by atoms with Gasteiger partial charge in [0.05, 0.1) is 38.6 Å². The summed E-state index contributed by atoms with van der Waals surface area (Å²) in [6, 6.07) is -0.990. The first kappa shape index (κ1) is 88.0. The molecule has 0 saturated carbocycles. The molecule has 3 aliphatic rings. The zero-order chi connectivity index (χ0) is 69.6. The second kappa shape index (κ2) is 58.3. The van der Waals surface area contributed by atoms with E-state index in [1.807, 2.05) is 6.08 Å². The molecular formula is C77H141NO18. The Hall–Kier alpha value is -2.25. The first-order valence-electron chi connectivity index (χ1n) is 38.9. The quantitative estimate of drug-likeness (QED) is 0.0199. The first-order valence-corrected chi connectivity index (χ1v) is 38.9. The minimum absolute atomic E-state index is 0.238. The molecule has 562 valence electrons. The van der Waals surface area contributed by atoms with E-state index in [1.54, 1.807) is 6.08 Å². The molecule has 3 fully saturated rings. The van der Waals surface area contributed by atoms with E-state index in [-0.39, 0.29) is 18.9 Å². The summed E-state index contributed by atoms with van der Waals surface area (Å²) < 4.78 is 34.4. The highest BCUT2D eigenvalue weighted by atomic mass is 16.8. The van der Waals surface area contributed by atoms with Crippen LogP contribution in [-0.4, -0.2) is 193 Å². The fourth-order valence-electron chi connectivity index (χ4n) is 13.1. The number of carbonyl (C=O) groups excluding carboxylic acids is 1. The Labute approximate surface area is 580 Å². The lowest BCUT2D eigenvalue weighted by molar-refractivity contribution is -0.379. The maximum absolute atomic E-state index is 13.4. The van der Waals surface area contributed by atoms with Crippen LogP contribution in [0.5, 0.6) is 0 Å². The van der Waals surface area contributed by atoms with Gasteiger partial charge in [0.2, 0.25) is 5.91 Å². The standard InChI is InChI=1S/C77H141NO18/c1-3-5-7-9-11-13-15-17-19-21-23-24-25-26-27-28-29-30-31-32-33-34-35-36-37-39-41-43-45-47-49-51-53-55-65(83)78-60(61(82)54-52-50-48-46-44-42-40-38-22-20-18-16-14-12-10-8-6-4-2)59-91-75-71(89)68(86)73(63(57-80)93-75)96-77-72(90)69(87)74(64(58-81)94-77)95-76-70(88)67(85)66(84)62(56-79)92-76/h15,17,21,23,44,46,52,54,60-64,66-77,79-82,84-90H,3-14,16,18-20,22,24-43,45,47-51,53,55-59H2,1-2H3,(H,78,83)/b17-15-,23-21-,46-44+,54-52+. The van der Waals surface area contributed by atoms with Gasteiger partial charge < -0.3 is 89.9 Å². The monoisotopic (exact) mass is 1370 g/mol. The van der Waals surface area contributed by atoms with Gasteiger partial charge in [-0.15, -0.1) is 0 Å². The van der Waals surface area contributed by atoms with E-state index < -0.39 is 124 Å². The predicted octanol–water partition coefficient (Wildman–Crippen LogP) is 12.1. The third-order valence-electron chi connectivity index (χ3n) is 19.3. The summed E-state index contributed by atoms with van der Waals surface area (Å²) in [5, 5.41) is 121. The van der Waals surface area contributed by atoms with Crippen molar-refractivity contribution in [1.82, 2.24) is 5.32 Å². The van der Waals surface area contributed by atoms with Gasteiger partial charge >= 0.3 is 0 Å². The minimum atomic E-state index is -1.98. The Morgan fingerprint density at radius 1 is 0.375 bits per heavy atom. The molecule has 0 spiro atoms. The number of rotatable bonds is 61. The van der Waals surface area contributed by atoms with Gasteiger partial charge in [0.1, 0.15) is 73.2 Å². The van der Waals surface area contributed by atoms with Crippen LogP contribution in [0.15, 0.2) is 48.6 Å². The number of amides is 1. The summed E-state index contributed by atoms with van der Waals surface area (Å²) >= 11 is 0. The summed E-state index contributed by atoms with van der Waals surface area (Å²) in [5.41, 5.74) is 0. The van der Waals surface area contributed by atoms with Gasteiger partial charge in [-0.05, 0) is 64.2 Å². The normalized spacial score (nSPS) is 27.3. The van der Waals surface area contributed by atoms with E-state index in [1.165, 1.54) is 225 Å². The number of ether oxygens (including phenoxy) is 6. The Bertz CT molecular complexity index is 1930. The summed E-state index contributed by atoms with van der Waals surface area (Å²) in [5.74, 6) is -0.281. The summed E-state index contributed by atoms with van der Waals surface area (Å²) in [4.78, 5) is 13.4. The van der Waals surface area contributed by atoms with E-state index in [9.17, 15) is 61.0 Å². The van der Waals surface area contributed by atoms with Crippen molar-refractivity contribution in [3.05, 3.63) is 48.6 Å². The SMILES string of the molecule is CCCCCCC/C=C\C/C=C\CCCCCCCCCCCCCCCCCCCCCCCC(=O)NC(COC1OC(CO)C(OC2OC(CO)C(OC3OC(CO)C(O)C(O)C3O)C(O)C2O)C(O)C1O)C(O)/C=C/CC/C=C/CCCCCCCCCCCCCC. The van der Waals surface area contributed by atoms with Crippen LogP contribution in [0.3, 0.4) is 0 Å². The molecule has 1 amide bonds. The minimum Gasteiger partial charge on any atom is -0.394 e. The van der Waals surface area contributed by atoms with E-state index in [0.29, 0.717) is 12.8 Å². The van der Waals surface area contributed by atoms with Gasteiger partial charge in [0.15, 0.2) is 18.9 Å². The number of unbranched alkanes of at least 4 members (excludes halogenated alkanes) is 39. The van der Waals surface area contributed by atoms with Gasteiger partial charge in [0, 0.05) is 6.42 Å². The van der Waals surface area contributed by atoms with Crippen LogP contribution in [0.4, 0.5) is 0 Å². The second-order valence-electron chi connectivity index (χ2n) is 27.8. The molecule has 3 rings (SSSR count). The van der Waals surface area contributed by atoms with E-state index in [2.05, 4.69) is 55.6 Å². The van der Waals surface area contributed by atoms with Crippen LogP contribution in [0.25, 0.3) is 0 Å². The lowest BCUT2D eigenvalue weighted by atomic mass is 9.96. The highest BCUT2D eigenvalue weighted by molar-refractivity contribution is 5.76. The molecule has 96 heavy (non-hydrogen) atoms. The van der Waals surface area contributed by atoms with Gasteiger partial charge in [0.25, 0.3) is 0 Å². The van der Waals surface area contributed by atoms with Crippen LogP contribution in [-0.2, 0) is 33.2 Å². The number of hydrogen-bond acceptors (Lipinski definition) is 18. The maximum atomic E-state index is 13.4. The van der Waals surface area contributed by atoms with Crippen molar-refractivity contribution in [2.24, 2.45) is 0 Å². The van der Waals surface area contributed by atoms with E-state index in [0.717, 1.165) is 44.9 Å². The number of carbonyl (C=O) groups is 1. The maximum Gasteiger partial charge on any atom is 0.220 e. The Morgan fingerprint density at radius 2 is 0.698 bits per heavy atom. The molecule has 3 heterocycles. The molecule has 17 unspecified atom stereocenters. The third-order valence-corrected chi connectivity index (χ3v) is 19.3. The Kier molecular flexibility index (Phi) is 53.4. The second-order valence-corrected chi connectivity index (χ2v) is 27.8. The smallest absolute Gasteiger partial charge is 0.220 e. The topological polar surface area (TPSA) is 307 Å². The number of allylic oxidation sites excluding steroid dienone is 7. The molecule has 0 radical (unpaired) electrons. The molecule has 0 aromatic carbocycles. The summed E-state index contributed by atoms with van der Waals surface area (Å²) in [6.45, 7) is 1.73. The predicted molar refractivity (Wildman–Crippen MR) is 379 cm³/mol. The molecule has 17 atom stereocenters. The van der Waals surface area contributed by atoms with Crippen molar-refractivity contribution in [2.45, 2.75) is 407 Å². The number of aliphatic hydroxyl groups is 11. The van der Waals surface area contributed by atoms with Crippen LogP contribution >= 0.6 is 0 Å². The Morgan fingerprint density at radius 3 is 1.10 bits per heavy atom. The number of aliphatic hydroxyl groups excluding tert-OH is 11. The molecule has 3 aliphatic heterocycles. The van der Waals surface area contributed by atoms with Crippen LogP contribution in [0.2, 0.25) is 0 Å². The molecular weight excluding hydrogens is 1230 g/mol. The van der Waals surface area contributed by atoms with Gasteiger partial charge in [-0.1, -0.05) is 281 Å². The molecule has 0 aromatic heterocycles. The summed E-state index contributed by atoms with van der Waals surface area (Å²) in [7, 11) is 0. The highest BCUT2D eigenvalue weighted by Gasteiger charge is 2.53. The first-order chi connectivity index (χ1) is 46.8.